The van der Waals surface area contributed by atoms with Crippen LogP contribution in [0.1, 0.15) is 41.2 Å². The second kappa shape index (κ2) is 15.9. The van der Waals surface area contributed by atoms with Gasteiger partial charge in [-0.05, 0) is 72.8 Å². The van der Waals surface area contributed by atoms with E-state index in [0.29, 0.717) is 45.1 Å². The number of aromatic amines is 1. The zero-order valence-electron chi connectivity index (χ0n) is 27.6. The number of hydrogen-bond acceptors (Lipinski definition) is 7. The highest BCUT2D eigenvalue weighted by Crippen LogP contribution is 2.35. The first-order valence-electron chi connectivity index (χ1n) is 16.4. The number of anilines is 1. The number of rotatable bonds is 12. The standard InChI is InChI=1S/C38H39Cl2N3O6/c1-46-33-13-12-28(19-35(33)47-2)34(20-30-31(39)21-41-22-32(30)40)48-37(44)18-25-8-10-26(11-9-25)23-43(29-6-4-3-5-7-29)38(45)49-36-24-42-16-14-27(36)15-17-42/h3-13,19,21-22,27,34,36H,14-18,20,23-24H2,1-2H3/p+1/t34-,36-/m0/s1. The average Bonchev–Trinajstić information content (AvgIpc) is 3.13. The first kappa shape index (κ1) is 34.5. The third-order valence-corrected chi connectivity index (χ3v) is 9.96. The molecule has 11 heteroatoms. The number of fused-ring (bicyclic) bond motifs is 3. The number of nitrogens with zero attached hydrogens (tertiary/aromatic N) is 2. The Kier molecular flexibility index (Phi) is 11.2. The normalized spacial score (nSPS) is 18.7. The molecule has 0 radical (unpaired) electrons. The fourth-order valence-electron chi connectivity index (χ4n) is 6.56. The Morgan fingerprint density at radius 2 is 1.57 bits per heavy atom. The molecule has 0 saturated carbocycles. The predicted molar refractivity (Wildman–Crippen MR) is 187 cm³/mol. The van der Waals surface area contributed by atoms with Crippen molar-refractivity contribution in [3.63, 3.8) is 0 Å². The number of para-hydroxylation sites is 1. The molecule has 3 aromatic carbocycles. The van der Waals surface area contributed by atoms with Gasteiger partial charge in [-0.25, -0.2) is 9.78 Å². The molecule has 3 fully saturated rings. The predicted octanol–water partition coefficient (Wildman–Crippen LogP) is 7.13. The van der Waals surface area contributed by atoms with Gasteiger partial charge in [-0.3, -0.25) is 14.6 Å². The molecule has 4 heterocycles. The Labute approximate surface area is 296 Å². The fourth-order valence-corrected chi connectivity index (χ4v) is 7.09. The van der Waals surface area contributed by atoms with E-state index < -0.39 is 12.1 Å². The number of methoxy groups -OCH3 is 2. The minimum absolute atomic E-state index is 0.0398. The Hall–Kier alpha value is -4.31. The zero-order valence-corrected chi connectivity index (χ0v) is 29.1. The molecule has 9 nitrogen and oxygen atoms in total. The number of halogens is 2. The van der Waals surface area contributed by atoms with Crippen LogP contribution in [0.2, 0.25) is 10.0 Å². The van der Waals surface area contributed by atoms with Crippen molar-refractivity contribution < 1.29 is 33.5 Å². The number of pyridine rings is 1. The zero-order chi connectivity index (χ0) is 34.3. The minimum atomic E-state index is -0.703. The number of amides is 1. The molecule has 4 aromatic rings. The molecule has 7 rings (SSSR count). The lowest BCUT2D eigenvalue weighted by atomic mass is 9.86. The molecule has 2 atom stereocenters. The van der Waals surface area contributed by atoms with Crippen LogP contribution in [0.25, 0.3) is 0 Å². The van der Waals surface area contributed by atoms with E-state index in [4.69, 9.17) is 42.1 Å². The van der Waals surface area contributed by atoms with E-state index in [1.165, 1.54) is 0 Å². The second-order valence-corrected chi connectivity index (χ2v) is 13.2. The summed E-state index contributed by atoms with van der Waals surface area (Å²) >= 11 is 12.9. The third kappa shape index (κ3) is 8.47. The first-order valence-corrected chi connectivity index (χ1v) is 17.2. The van der Waals surface area contributed by atoms with E-state index in [9.17, 15) is 9.59 Å². The maximum atomic E-state index is 13.6. The summed E-state index contributed by atoms with van der Waals surface area (Å²) in [5.74, 6) is 1.05. The van der Waals surface area contributed by atoms with Crippen LogP contribution in [0, 0.1) is 5.92 Å². The van der Waals surface area contributed by atoms with Gasteiger partial charge in [-0.1, -0.05) is 71.7 Å². The quantitative estimate of drug-likeness (QED) is 0.145. The van der Waals surface area contributed by atoms with Gasteiger partial charge in [0.05, 0.1) is 27.2 Å². The van der Waals surface area contributed by atoms with Crippen LogP contribution in [0.15, 0.2) is 85.2 Å². The number of aromatic nitrogens is 1. The molecule has 2 bridgehead atoms. The molecule has 3 aliphatic heterocycles. The molecule has 3 aliphatic rings. The summed E-state index contributed by atoms with van der Waals surface area (Å²) in [6.45, 7) is 3.27. The van der Waals surface area contributed by atoms with Crippen LogP contribution in [-0.4, -0.2) is 56.9 Å². The van der Waals surface area contributed by atoms with E-state index in [1.54, 1.807) is 43.6 Å². The smallest absolute Gasteiger partial charge is 0.414 e. The molecule has 0 unspecified atom stereocenters. The van der Waals surface area contributed by atoms with Gasteiger partial charge in [0.1, 0.15) is 22.3 Å². The van der Waals surface area contributed by atoms with Gasteiger partial charge in [0.25, 0.3) is 0 Å². The number of H-pyrrole nitrogens is 1. The van der Waals surface area contributed by atoms with Crippen LogP contribution in [0.5, 0.6) is 11.5 Å². The van der Waals surface area contributed by atoms with Crippen molar-refractivity contribution in [1.29, 1.82) is 0 Å². The molecule has 1 amide bonds. The minimum Gasteiger partial charge on any atom is -0.493 e. The maximum absolute atomic E-state index is 13.6. The summed E-state index contributed by atoms with van der Waals surface area (Å²) in [7, 11) is 3.11. The summed E-state index contributed by atoms with van der Waals surface area (Å²) in [5, 5.41) is 0.864. The number of ether oxygens (including phenoxy) is 4. The van der Waals surface area contributed by atoms with Crippen LogP contribution in [0.4, 0.5) is 10.5 Å². The van der Waals surface area contributed by atoms with Gasteiger partial charge in [0.2, 0.25) is 0 Å². The van der Waals surface area contributed by atoms with Crippen molar-refractivity contribution in [3.8, 4) is 11.5 Å². The van der Waals surface area contributed by atoms with E-state index >= 15 is 0 Å². The molecule has 49 heavy (non-hydrogen) atoms. The number of hydrogen-bond donors (Lipinski definition) is 0. The topological polar surface area (TPSA) is 91.7 Å². The van der Waals surface area contributed by atoms with Crippen molar-refractivity contribution >= 4 is 41.0 Å². The number of nitrogens with one attached hydrogen (secondary N) is 1. The van der Waals surface area contributed by atoms with Crippen molar-refractivity contribution in [1.82, 2.24) is 4.90 Å². The average molecular weight is 706 g/mol. The van der Waals surface area contributed by atoms with E-state index in [-0.39, 0.29) is 25.0 Å². The van der Waals surface area contributed by atoms with Crippen molar-refractivity contribution in [2.75, 3.05) is 38.8 Å². The van der Waals surface area contributed by atoms with Crippen molar-refractivity contribution in [2.45, 2.75) is 44.4 Å². The molecule has 1 N–H and O–H groups in total. The number of carbonyl (C=O) groups excluding carboxylic acids is 2. The van der Waals surface area contributed by atoms with Crippen LogP contribution in [-0.2, 0) is 33.7 Å². The number of piperidine rings is 3. The lowest BCUT2D eigenvalue weighted by molar-refractivity contribution is -0.377. The Morgan fingerprint density at radius 1 is 0.898 bits per heavy atom. The van der Waals surface area contributed by atoms with E-state index in [0.717, 1.165) is 49.3 Å². The molecule has 1 aromatic heterocycles. The van der Waals surface area contributed by atoms with Crippen molar-refractivity contribution in [2.24, 2.45) is 5.92 Å². The first-order chi connectivity index (χ1) is 23.8. The summed E-state index contributed by atoms with van der Waals surface area (Å²) in [4.78, 5) is 33.9. The van der Waals surface area contributed by atoms with Gasteiger partial charge in [0.15, 0.2) is 23.9 Å². The highest BCUT2D eigenvalue weighted by atomic mass is 35.5. The monoisotopic (exact) mass is 704 g/mol. The van der Waals surface area contributed by atoms with Crippen LogP contribution in [0.3, 0.4) is 0 Å². The summed E-state index contributed by atoms with van der Waals surface area (Å²) in [5.41, 5.74) is 3.78. The van der Waals surface area contributed by atoms with Gasteiger partial charge >= 0.3 is 12.1 Å². The Bertz CT molecular complexity index is 1730. The molecule has 256 valence electrons. The van der Waals surface area contributed by atoms with Gasteiger partial charge in [0, 0.05) is 24.2 Å². The summed E-state index contributed by atoms with van der Waals surface area (Å²) in [6.07, 6.45) is 4.53. The van der Waals surface area contributed by atoms with E-state index in [1.807, 2.05) is 60.7 Å². The lowest BCUT2D eigenvalue weighted by Gasteiger charge is -2.44. The molecular formula is C38H40Cl2N3O6+. The Balaban J connectivity index is 1.15. The largest absolute Gasteiger partial charge is 0.493 e. The number of carbonyl (C=O) groups is 2. The number of esters is 1. The maximum Gasteiger partial charge on any atom is 0.414 e. The van der Waals surface area contributed by atoms with E-state index in [2.05, 4.69) is 9.88 Å². The number of benzene rings is 3. The van der Waals surface area contributed by atoms with Crippen LogP contribution >= 0.6 is 23.2 Å². The summed E-state index contributed by atoms with van der Waals surface area (Å²) < 4.78 is 23.1. The van der Waals surface area contributed by atoms with Gasteiger partial charge < -0.3 is 18.9 Å². The lowest BCUT2D eigenvalue weighted by Crippen LogP contribution is -2.53. The molecular weight excluding hydrogens is 665 g/mol. The fraction of sp³-hybridized carbons (Fsp3) is 0.342. The molecule has 0 aliphatic carbocycles. The van der Waals surface area contributed by atoms with Crippen LogP contribution < -0.4 is 19.4 Å². The highest BCUT2D eigenvalue weighted by Gasteiger charge is 2.37. The third-order valence-electron chi connectivity index (χ3n) is 9.29. The second-order valence-electron chi connectivity index (χ2n) is 12.4. The van der Waals surface area contributed by atoms with Gasteiger partial charge in [-0.2, -0.15) is 0 Å². The molecule has 0 spiro atoms. The Morgan fingerprint density at radius 3 is 2.20 bits per heavy atom. The SMILES string of the molecule is COc1ccc([C@H](Cc2c(Cl)c[nH+]cc2Cl)OC(=O)Cc2ccc(CN(C(=O)O[C@H]3CN4CCC3CC4)c3ccccc3)cc2)cc1OC. The molecule has 3 saturated heterocycles. The van der Waals surface area contributed by atoms with Gasteiger partial charge in [-0.15, -0.1) is 0 Å². The van der Waals surface area contributed by atoms with Crippen molar-refractivity contribution in [3.05, 3.63) is 117 Å². The highest BCUT2D eigenvalue weighted by molar-refractivity contribution is 6.35. The summed E-state index contributed by atoms with van der Waals surface area (Å²) in [6, 6.07) is 22.5.